The molecule has 2 aromatic rings. The molecule has 4 nitrogen and oxygen atoms in total. The van der Waals surface area contributed by atoms with Gasteiger partial charge >= 0.3 is 5.97 Å². The number of anilines is 1. The van der Waals surface area contributed by atoms with Crippen LogP contribution in [0.15, 0.2) is 24.3 Å². The van der Waals surface area contributed by atoms with Crippen molar-refractivity contribution in [2.75, 3.05) is 12.4 Å². The van der Waals surface area contributed by atoms with Crippen LogP contribution in [-0.4, -0.2) is 24.1 Å². The number of rotatable bonds is 3. The molecule has 0 aliphatic heterocycles. The quantitative estimate of drug-likeness (QED) is 0.885. The van der Waals surface area contributed by atoms with E-state index in [9.17, 15) is 4.79 Å². The van der Waals surface area contributed by atoms with Gasteiger partial charge in [0.05, 0.1) is 7.11 Å². The predicted molar refractivity (Wildman–Crippen MR) is 79.7 cm³/mol. The summed E-state index contributed by atoms with van der Waals surface area (Å²) in [6.07, 6.45) is 1.92. The van der Waals surface area contributed by atoms with E-state index in [-0.39, 0.29) is 5.15 Å². The van der Waals surface area contributed by atoms with E-state index in [4.69, 9.17) is 11.6 Å². The van der Waals surface area contributed by atoms with Gasteiger partial charge in [-0.2, -0.15) is 0 Å². The first-order valence-corrected chi connectivity index (χ1v) is 7.45. The minimum atomic E-state index is -0.449. The van der Waals surface area contributed by atoms with E-state index in [1.54, 1.807) is 0 Å². The molecule has 104 valence electrons. The first-order valence-electron chi connectivity index (χ1n) is 6.25. The molecular weight excluding hydrogens is 296 g/mol. The normalized spacial score (nSPS) is 14.1. The highest BCUT2D eigenvalue weighted by Crippen LogP contribution is 2.30. The van der Waals surface area contributed by atoms with E-state index < -0.39 is 5.97 Å². The summed E-state index contributed by atoms with van der Waals surface area (Å²) < 4.78 is 4.67. The second kappa shape index (κ2) is 5.42. The average molecular weight is 309 g/mol. The van der Waals surface area contributed by atoms with Gasteiger partial charge in [-0.3, -0.25) is 0 Å². The summed E-state index contributed by atoms with van der Waals surface area (Å²) in [4.78, 5) is 16.0. The number of carbonyl (C=O) groups is 1. The molecule has 6 heteroatoms. The van der Waals surface area contributed by atoms with Crippen LogP contribution in [0.4, 0.5) is 5.13 Å². The molecule has 1 aromatic heterocycles. The van der Waals surface area contributed by atoms with E-state index in [1.807, 2.05) is 0 Å². The third-order valence-corrected chi connectivity index (χ3v) is 4.69. The van der Waals surface area contributed by atoms with Gasteiger partial charge in [0.2, 0.25) is 0 Å². The van der Waals surface area contributed by atoms with Gasteiger partial charge in [0.25, 0.3) is 0 Å². The number of benzene rings is 1. The number of nitrogens with one attached hydrogen (secondary N) is 1. The first kappa shape index (κ1) is 13.4. The molecule has 0 saturated heterocycles. The van der Waals surface area contributed by atoms with Crippen molar-refractivity contribution >= 4 is 34.0 Å². The van der Waals surface area contributed by atoms with Crippen molar-refractivity contribution in [3.8, 4) is 0 Å². The van der Waals surface area contributed by atoms with Gasteiger partial charge in [0.1, 0.15) is 0 Å². The minimum Gasteiger partial charge on any atom is -0.465 e. The Morgan fingerprint density at radius 2 is 2.05 bits per heavy atom. The molecule has 0 fully saturated rings. The minimum absolute atomic E-state index is 0.194. The standard InChI is InChI=1S/C14H13ClN2O2S/c1-19-13(18)11-12(15)17-14(20-11)16-10-6-8-4-2-3-5-9(8)7-10/h2-5,10H,6-7H2,1H3,(H,16,17). The van der Waals surface area contributed by atoms with Crippen LogP contribution in [0.25, 0.3) is 0 Å². The van der Waals surface area contributed by atoms with Crippen LogP contribution in [0.3, 0.4) is 0 Å². The van der Waals surface area contributed by atoms with E-state index in [0.29, 0.717) is 16.1 Å². The van der Waals surface area contributed by atoms with Gasteiger partial charge in [-0.25, -0.2) is 9.78 Å². The SMILES string of the molecule is COC(=O)c1sc(NC2Cc3ccccc3C2)nc1Cl. The predicted octanol–water partition coefficient (Wildman–Crippen LogP) is 3.16. The van der Waals surface area contributed by atoms with E-state index in [2.05, 4.69) is 39.3 Å². The summed E-state index contributed by atoms with van der Waals surface area (Å²) in [6, 6.07) is 8.69. The molecule has 0 unspecified atom stereocenters. The van der Waals surface area contributed by atoms with Gasteiger partial charge < -0.3 is 10.1 Å². The third kappa shape index (κ3) is 2.51. The molecule has 0 radical (unpaired) electrons. The van der Waals surface area contributed by atoms with Crippen molar-refractivity contribution in [2.24, 2.45) is 0 Å². The maximum absolute atomic E-state index is 11.5. The van der Waals surface area contributed by atoms with Gasteiger partial charge in [0.15, 0.2) is 15.2 Å². The maximum atomic E-state index is 11.5. The van der Waals surface area contributed by atoms with Crippen LogP contribution >= 0.6 is 22.9 Å². The summed E-state index contributed by atoms with van der Waals surface area (Å²) in [5, 5.41) is 4.20. The third-order valence-electron chi connectivity index (χ3n) is 3.34. The number of ether oxygens (including phenoxy) is 1. The Kier molecular flexibility index (Phi) is 3.63. The van der Waals surface area contributed by atoms with Crippen molar-refractivity contribution in [1.82, 2.24) is 4.98 Å². The van der Waals surface area contributed by atoms with Crippen LogP contribution in [-0.2, 0) is 17.6 Å². The molecule has 0 atom stereocenters. The van der Waals surface area contributed by atoms with Gasteiger partial charge in [-0.05, 0) is 24.0 Å². The molecule has 1 heterocycles. The number of aromatic nitrogens is 1. The number of halogens is 1. The number of hydrogen-bond acceptors (Lipinski definition) is 5. The highest BCUT2D eigenvalue weighted by molar-refractivity contribution is 7.18. The number of hydrogen-bond donors (Lipinski definition) is 1. The zero-order valence-corrected chi connectivity index (χ0v) is 12.4. The molecule has 20 heavy (non-hydrogen) atoms. The number of fused-ring (bicyclic) bond motifs is 1. The van der Waals surface area contributed by atoms with Gasteiger partial charge in [0, 0.05) is 6.04 Å². The molecule has 0 bridgehead atoms. The number of thiazole rings is 1. The second-order valence-electron chi connectivity index (χ2n) is 4.65. The van der Waals surface area contributed by atoms with Crippen LogP contribution < -0.4 is 5.32 Å². The first-order chi connectivity index (χ1) is 9.67. The summed E-state index contributed by atoms with van der Waals surface area (Å²) >= 11 is 7.18. The lowest BCUT2D eigenvalue weighted by atomic mass is 10.1. The average Bonchev–Trinajstić information content (AvgIpc) is 3.01. The van der Waals surface area contributed by atoms with Crippen LogP contribution in [0.2, 0.25) is 5.15 Å². The Morgan fingerprint density at radius 1 is 1.40 bits per heavy atom. The molecule has 0 saturated carbocycles. The smallest absolute Gasteiger partial charge is 0.351 e. The molecule has 1 aliphatic carbocycles. The zero-order chi connectivity index (χ0) is 14.1. The highest BCUT2D eigenvalue weighted by atomic mass is 35.5. The molecule has 1 aliphatic rings. The van der Waals surface area contributed by atoms with Crippen molar-refractivity contribution in [2.45, 2.75) is 18.9 Å². The Morgan fingerprint density at radius 3 is 2.65 bits per heavy atom. The van der Waals surface area contributed by atoms with Gasteiger partial charge in [-0.15, -0.1) is 0 Å². The largest absolute Gasteiger partial charge is 0.465 e. The van der Waals surface area contributed by atoms with Crippen LogP contribution in [0, 0.1) is 0 Å². The lowest BCUT2D eigenvalue weighted by Crippen LogP contribution is -2.19. The van der Waals surface area contributed by atoms with E-state index in [0.717, 1.165) is 12.8 Å². The van der Waals surface area contributed by atoms with Gasteiger partial charge in [-0.1, -0.05) is 47.2 Å². The molecule has 0 amide bonds. The summed E-state index contributed by atoms with van der Waals surface area (Å²) in [6.45, 7) is 0. The van der Waals surface area contributed by atoms with Crippen molar-refractivity contribution in [3.05, 3.63) is 45.4 Å². The van der Waals surface area contributed by atoms with Crippen molar-refractivity contribution < 1.29 is 9.53 Å². The van der Waals surface area contributed by atoms with Crippen LogP contribution in [0.5, 0.6) is 0 Å². The van der Waals surface area contributed by atoms with Crippen molar-refractivity contribution in [1.29, 1.82) is 0 Å². The molecule has 1 N–H and O–H groups in total. The fraction of sp³-hybridized carbons (Fsp3) is 0.286. The molecule has 0 spiro atoms. The fourth-order valence-corrected chi connectivity index (χ4v) is 3.60. The zero-order valence-electron chi connectivity index (χ0n) is 10.9. The highest BCUT2D eigenvalue weighted by Gasteiger charge is 2.23. The van der Waals surface area contributed by atoms with E-state index >= 15 is 0 Å². The summed E-state index contributed by atoms with van der Waals surface area (Å²) in [7, 11) is 1.33. The lowest BCUT2D eigenvalue weighted by Gasteiger charge is -2.09. The van der Waals surface area contributed by atoms with Crippen LogP contribution in [0.1, 0.15) is 20.8 Å². The summed E-state index contributed by atoms with van der Waals surface area (Å²) in [5.74, 6) is -0.449. The topological polar surface area (TPSA) is 51.2 Å². The van der Waals surface area contributed by atoms with Crippen molar-refractivity contribution in [3.63, 3.8) is 0 Å². The number of nitrogens with zero attached hydrogens (tertiary/aromatic N) is 1. The number of esters is 1. The monoisotopic (exact) mass is 308 g/mol. The molecule has 1 aromatic carbocycles. The Balaban J connectivity index is 1.73. The lowest BCUT2D eigenvalue weighted by molar-refractivity contribution is 0.0606. The Bertz CT molecular complexity index is 631. The maximum Gasteiger partial charge on any atom is 0.351 e. The number of methoxy groups -OCH3 is 1. The fourth-order valence-electron chi connectivity index (χ4n) is 2.42. The Hall–Kier alpha value is -1.59. The number of carbonyl (C=O) groups excluding carboxylic acids is 1. The summed E-state index contributed by atoms with van der Waals surface area (Å²) in [5.41, 5.74) is 2.72. The molecule has 3 rings (SSSR count). The Labute approximate surface area is 125 Å². The molecular formula is C14H13ClN2O2S. The second-order valence-corrected chi connectivity index (χ2v) is 6.01. The van der Waals surface area contributed by atoms with E-state index in [1.165, 1.54) is 29.6 Å².